The zero-order valence-electron chi connectivity index (χ0n) is 8.90. The first-order chi connectivity index (χ1) is 6.65. The lowest BCUT2D eigenvalue weighted by atomic mass is 9.87. The molecular weight excluding hydrogens is 198 g/mol. The monoisotopic (exact) mass is 217 g/mol. The SMILES string of the molecule is CCSCCN1CC(C(C)C(=O)O)C1. The molecule has 1 aliphatic heterocycles. The van der Waals surface area contributed by atoms with Crippen molar-refractivity contribution in [3.05, 3.63) is 0 Å². The number of hydrogen-bond acceptors (Lipinski definition) is 3. The average Bonchev–Trinajstić information content (AvgIpc) is 2.08. The van der Waals surface area contributed by atoms with Crippen LogP contribution in [0.25, 0.3) is 0 Å². The predicted molar refractivity (Wildman–Crippen MR) is 59.7 cm³/mol. The van der Waals surface area contributed by atoms with Crippen molar-refractivity contribution in [2.75, 3.05) is 31.1 Å². The molecule has 0 spiro atoms. The molecule has 0 aromatic heterocycles. The van der Waals surface area contributed by atoms with Crippen LogP contribution in [0.2, 0.25) is 0 Å². The lowest BCUT2D eigenvalue weighted by Crippen LogP contribution is -2.51. The lowest BCUT2D eigenvalue weighted by molar-refractivity contribution is -0.145. The van der Waals surface area contributed by atoms with Gasteiger partial charge in [0.05, 0.1) is 5.92 Å². The molecule has 14 heavy (non-hydrogen) atoms. The quantitative estimate of drug-likeness (QED) is 0.683. The number of carboxylic acids is 1. The molecule has 0 saturated carbocycles. The predicted octanol–water partition coefficient (Wildman–Crippen LogP) is 1.39. The fourth-order valence-electron chi connectivity index (χ4n) is 1.65. The van der Waals surface area contributed by atoms with E-state index in [1.165, 1.54) is 11.5 Å². The molecule has 0 radical (unpaired) electrons. The maximum atomic E-state index is 10.7. The van der Waals surface area contributed by atoms with Gasteiger partial charge in [0, 0.05) is 25.4 Å². The van der Waals surface area contributed by atoms with Crippen LogP contribution in [0.15, 0.2) is 0 Å². The number of carboxylic acid groups (broad SMARTS) is 1. The van der Waals surface area contributed by atoms with E-state index >= 15 is 0 Å². The van der Waals surface area contributed by atoms with Gasteiger partial charge >= 0.3 is 5.97 Å². The van der Waals surface area contributed by atoms with Crippen molar-refractivity contribution in [1.82, 2.24) is 4.90 Å². The van der Waals surface area contributed by atoms with Crippen LogP contribution in [-0.2, 0) is 4.79 Å². The number of carbonyl (C=O) groups is 1. The van der Waals surface area contributed by atoms with Gasteiger partial charge in [-0.25, -0.2) is 0 Å². The van der Waals surface area contributed by atoms with Crippen LogP contribution in [0.1, 0.15) is 13.8 Å². The average molecular weight is 217 g/mol. The van der Waals surface area contributed by atoms with E-state index in [1.807, 2.05) is 18.7 Å². The zero-order valence-corrected chi connectivity index (χ0v) is 9.72. The van der Waals surface area contributed by atoms with Crippen LogP contribution in [0.3, 0.4) is 0 Å². The maximum absolute atomic E-state index is 10.7. The Morgan fingerprint density at radius 3 is 2.79 bits per heavy atom. The van der Waals surface area contributed by atoms with Crippen molar-refractivity contribution in [1.29, 1.82) is 0 Å². The Labute approximate surface area is 89.9 Å². The molecule has 3 nitrogen and oxygen atoms in total. The summed E-state index contributed by atoms with van der Waals surface area (Å²) in [5.41, 5.74) is 0. The van der Waals surface area contributed by atoms with E-state index in [0.29, 0.717) is 5.92 Å². The summed E-state index contributed by atoms with van der Waals surface area (Å²) < 4.78 is 0. The Balaban J connectivity index is 2.08. The second-order valence-electron chi connectivity index (χ2n) is 3.84. The number of hydrogen-bond donors (Lipinski definition) is 1. The highest BCUT2D eigenvalue weighted by molar-refractivity contribution is 7.99. The van der Waals surface area contributed by atoms with Gasteiger partial charge in [-0.2, -0.15) is 11.8 Å². The van der Waals surface area contributed by atoms with Gasteiger partial charge in [-0.3, -0.25) is 4.79 Å². The second-order valence-corrected chi connectivity index (χ2v) is 5.24. The van der Waals surface area contributed by atoms with Crippen molar-refractivity contribution in [2.24, 2.45) is 11.8 Å². The summed E-state index contributed by atoms with van der Waals surface area (Å²) in [7, 11) is 0. The largest absolute Gasteiger partial charge is 0.481 e. The Morgan fingerprint density at radius 2 is 2.29 bits per heavy atom. The molecule has 4 heteroatoms. The van der Waals surface area contributed by atoms with Gasteiger partial charge in [-0.05, 0) is 11.7 Å². The molecule has 0 aromatic rings. The van der Waals surface area contributed by atoms with E-state index in [2.05, 4.69) is 11.8 Å². The van der Waals surface area contributed by atoms with Gasteiger partial charge in [0.2, 0.25) is 0 Å². The minimum absolute atomic E-state index is 0.176. The van der Waals surface area contributed by atoms with E-state index in [0.717, 1.165) is 19.6 Å². The number of nitrogens with zero attached hydrogens (tertiary/aromatic N) is 1. The molecule has 0 amide bonds. The number of thioether (sulfide) groups is 1. The minimum Gasteiger partial charge on any atom is -0.481 e. The molecule has 1 fully saturated rings. The third kappa shape index (κ3) is 3.17. The van der Waals surface area contributed by atoms with Crippen LogP contribution < -0.4 is 0 Å². The summed E-state index contributed by atoms with van der Waals surface area (Å²) in [6.07, 6.45) is 0. The number of aliphatic carboxylic acids is 1. The van der Waals surface area contributed by atoms with Crippen molar-refractivity contribution in [3.63, 3.8) is 0 Å². The van der Waals surface area contributed by atoms with Crippen LogP contribution in [0, 0.1) is 11.8 Å². The van der Waals surface area contributed by atoms with Gasteiger partial charge < -0.3 is 10.0 Å². The van der Waals surface area contributed by atoms with E-state index < -0.39 is 5.97 Å². The number of rotatable bonds is 6. The van der Waals surface area contributed by atoms with Crippen LogP contribution in [0.5, 0.6) is 0 Å². The van der Waals surface area contributed by atoms with Crippen molar-refractivity contribution in [2.45, 2.75) is 13.8 Å². The van der Waals surface area contributed by atoms with Crippen LogP contribution >= 0.6 is 11.8 Å². The highest BCUT2D eigenvalue weighted by Crippen LogP contribution is 2.23. The fraction of sp³-hybridized carbons (Fsp3) is 0.900. The van der Waals surface area contributed by atoms with Crippen LogP contribution in [0.4, 0.5) is 0 Å². The summed E-state index contributed by atoms with van der Waals surface area (Å²) >= 11 is 1.94. The molecule has 1 aliphatic rings. The highest BCUT2D eigenvalue weighted by Gasteiger charge is 2.33. The normalized spacial score (nSPS) is 20.4. The zero-order chi connectivity index (χ0) is 10.6. The molecule has 1 saturated heterocycles. The van der Waals surface area contributed by atoms with Crippen molar-refractivity contribution >= 4 is 17.7 Å². The first kappa shape index (κ1) is 11.9. The molecule has 82 valence electrons. The molecule has 1 heterocycles. The van der Waals surface area contributed by atoms with Gasteiger partial charge in [0.25, 0.3) is 0 Å². The smallest absolute Gasteiger partial charge is 0.306 e. The Bertz CT molecular complexity index is 193. The molecule has 1 N–H and O–H groups in total. The first-order valence-electron chi connectivity index (χ1n) is 5.18. The first-order valence-corrected chi connectivity index (χ1v) is 6.33. The van der Waals surface area contributed by atoms with E-state index in [9.17, 15) is 4.79 Å². The summed E-state index contributed by atoms with van der Waals surface area (Å²) in [4.78, 5) is 13.0. The molecule has 1 unspecified atom stereocenters. The van der Waals surface area contributed by atoms with Gasteiger partial charge in [-0.15, -0.1) is 0 Å². The van der Waals surface area contributed by atoms with E-state index in [1.54, 1.807) is 0 Å². The van der Waals surface area contributed by atoms with Gasteiger partial charge in [0.15, 0.2) is 0 Å². The van der Waals surface area contributed by atoms with Gasteiger partial charge in [-0.1, -0.05) is 13.8 Å². The van der Waals surface area contributed by atoms with Crippen molar-refractivity contribution in [3.8, 4) is 0 Å². The maximum Gasteiger partial charge on any atom is 0.306 e. The summed E-state index contributed by atoms with van der Waals surface area (Å²) in [6.45, 7) is 7.03. The van der Waals surface area contributed by atoms with E-state index in [-0.39, 0.29) is 5.92 Å². The molecule has 1 rings (SSSR count). The third-order valence-corrected chi connectivity index (χ3v) is 3.72. The minimum atomic E-state index is -0.655. The Hall–Kier alpha value is -0.220. The molecule has 0 aliphatic carbocycles. The highest BCUT2D eigenvalue weighted by atomic mass is 32.2. The van der Waals surface area contributed by atoms with E-state index in [4.69, 9.17) is 5.11 Å². The summed E-state index contributed by atoms with van der Waals surface area (Å²) in [5.74, 6) is 1.88. The molecule has 0 aromatic carbocycles. The third-order valence-electron chi connectivity index (χ3n) is 2.84. The summed E-state index contributed by atoms with van der Waals surface area (Å²) in [5, 5.41) is 8.80. The summed E-state index contributed by atoms with van der Waals surface area (Å²) in [6, 6.07) is 0. The molecule has 1 atom stereocenters. The van der Waals surface area contributed by atoms with Crippen LogP contribution in [-0.4, -0.2) is 47.1 Å². The fourth-order valence-corrected chi connectivity index (χ4v) is 2.32. The van der Waals surface area contributed by atoms with Crippen molar-refractivity contribution < 1.29 is 9.90 Å². The second kappa shape index (κ2) is 5.61. The Kier molecular flexibility index (Phi) is 4.75. The molecular formula is C10H19NO2S. The molecule has 0 bridgehead atoms. The topological polar surface area (TPSA) is 40.5 Å². The Morgan fingerprint density at radius 1 is 1.64 bits per heavy atom. The number of likely N-dealkylation sites (tertiary alicyclic amines) is 1. The standard InChI is InChI=1S/C10H19NO2S/c1-3-14-5-4-11-6-9(7-11)8(2)10(12)13/h8-9H,3-7H2,1-2H3,(H,12,13). The lowest BCUT2D eigenvalue weighted by Gasteiger charge is -2.41. The van der Waals surface area contributed by atoms with Gasteiger partial charge in [0.1, 0.15) is 0 Å².